The molecule has 0 saturated carbocycles. The first kappa shape index (κ1) is 28.9. The number of rotatable bonds is 4. The Morgan fingerprint density at radius 3 is 1.27 bits per heavy atom. The van der Waals surface area contributed by atoms with Crippen molar-refractivity contribution in [1.29, 1.82) is 0 Å². The third-order valence-electron chi connectivity index (χ3n) is 11.0. The second-order valence-corrected chi connectivity index (χ2v) is 13.6. The summed E-state index contributed by atoms with van der Waals surface area (Å²) in [7, 11) is 0. The topological polar surface area (TPSA) is 26.3 Å². The molecule has 52 heavy (non-hydrogen) atoms. The average Bonchev–Trinajstić information content (AvgIpc) is 3.79. The Hall–Kier alpha value is -6.90. The molecule has 0 amide bonds. The van der Waals surface area contributed by atoms with Crippen LogP contribution in [0.1, 0.15) is 11.1 Å². The summed E-state index contributed by atoms with van der Waals surface area (Å²) < 4.78 is 13.2. The van der Waals surface area contributed by atoms with Crippen LogP contribution in [0, 0.1) is 0 Å². The molecule has 0 fully saturated rings. The molecule has 0 radical (unpaired) electrons. The van der Waals surface area contributed by atoms with Crippen LogP contribution in [-0.2, 0) is 0 Å². The van der Waals surface area contributed by atoms with Crippen molar-refractivity contribution in [3.63, 3.8) is 0 Å². The van der Waals surface area contributed by atoms with Crippen molar-refractivity contribution in [3.05, 3.63) is 170 Å². The van der Waals surface area contributed by atoms with Crippen LogP contribution in [0.5, 0.6) is 0 Å². The molecule has 0 saturated heterocycles. The summed E-state index contributed by atoms with van der Waals surface area (Å²) in [5.41, 5.74) is 10.1. The van der Waals surface area contributed by atoms with Crippen LogP contribution in [0.15, 0.2) is 168 Å². The van der Waals surface area contributed by atoms with Crippen LogP contribution >= 0.6 is 0 Å². The molecule has 0 atom stereocenters. The Bertz CT molecular complexity index is 3110. The Labute approximate surface area is 299 Å². The van der Waals surface area contributed by atoms with Gasteiger partial charge in [-0.25, -0.2) is 0 Å². The van der Waals surface area contributed by atoms with Gasteiger partial charge in [0.05, 0.1) is 0 Å². The minimum absolute atomic E-state index is 0.899. The van der Waals surface area contributed by atoms with Gasteiger partial charge < -0.3 is 8.83 Å². The molecule has 0 bridgehead atoms. The molecule has 0 unspecified atom stereocenters. The summed E-state index contributed by atoms with van der Waals surface area (Å²) in [5.74, 6) is 0. The van der Waals surface area contributed by atoms with Gasteiger partial charge in [-0.1, -0.05) is 147 Å². The van der Waals surface area contributed by atoms with Gasteiger partial charge in [0.25, 0.3) is 0 Å². The molecule has 0 spiro atoms. The first-order chi connectivity index (χ1) is 25.7. The lowest BCUT2D eigenvalue weighted by molar-refractivity contribution is 0.670. The van der Waals surface area contributed by atoms with Crippen molar-refractivity contribution < 1.29 is 8.83 Å². The van der Waals surface area contributed by atoms with Crippen LogP contribution in [0.3, 0.4) is 0 Å². The zero-order valence-corrected chi connectivity index (χ0v) is 28.2. The van der Waals surface area contributed by atoms with E-state index in [9.17, 15) is 0 Å². The molecule has 11 rings (SSSR count). The summed E-state index contributed by atoms with van der Waals surface area (Å²) in [5, 5.41) is 13.9. The Balaban J connectivity index is 1.12. The average molecular weight is 663 g/mol. The molecule has 0 aliphatic rings. The van der Waals surface area contributed by atoms with E-state index in [1.165, 1.54) is 21.5 Å². The van der Waals surface area contributed by atoms with Gasteiger partial charge in [0, 0.05) is 32.7 Å². The summed E-state index contributed by atoms with van der Waals surface area (Å²) in [4.78, 5) is 0. The Morgan fingerprint density at radius 1 is 0.365 bits per heavy atom. The van der Waals surface area contributed by atoms with Crippen LogP contribution in [0.4, 0.5) is 0 Å². The van der Waals surface area contributed by atoms with E-state index >= 15 is 0 Å². The largest absolute Gasteiger partial charge is 0.455 e. The number of benzene rings is 9. The predicted octanol–water partition coefficient (Wildman–Crippen LogP) is 14.7. The van der Waals surface area contributed by atoms with Crippen molar-refractivity contribution in [3.8, 4) is 22.3 Å². The molecule has 11 aromatic rings. The maximum Gasteiger partial charge on any atom is 0.143 e. The number of hydrogen-bond acceptors (Lipinski definition) is 2. The smallest absolute Gasteiger partial charge is 0.143 e. The molecule has 0 N–H and O–H groups in total. The number of furan rings is 2. The summed E-state index contributed by atoms with van der Waals surface area (Å²) in [6.45, 7) is 8.62. The van der Waals surface area contributed by atoms with E-state index < -0.39 is 0 Å². The third kappa shape index (κ3) is 3.95. The highest BCUT2D eigenvalue weighted by atomic mass is 16.3. The number of para-hydroxylation sites is 2. The monoisotopic (exact) mass is 662 g/mol. The SMILES string of the molecule is C=Cc1c2ccc(-c3cccc4c3oc3ccc5ccccc5c34)cc2c(C=C)c2ccc(-c3cccc4c3oc3ccc5ccccc5c34)cc12. The Kier molecular flexibility index (Phi) is 6.00. The normalized spacial score (nSPS) is 12.0. The van der Waals surface area contributed by atoms with Crippen LogP contribution in [0.25, 0.3) is 121 Å². The van der Waals surface area contributed by atoms with Gasteiger partial charge in [-0.05, 0) is 89.6 Å². The van der Waals surface area contributed by atoms with Gasteiger partial charge in [-0.15, -0.1) is 0 Å². The molecule has 9 aromatic carbocycles. The molecule has 0 aliphatic carbocycles. The minimum Gasteiger partial charge on any atom is -0.455 e. The molecule has 242 valence electrons. The van der Waals surface area contributed by atoms with E-state index in [0.717, 1.165) is 98.8 Å². The predicted molar refractivity (Wildman–Crippen MR) is 222 cm³/mol. The summed E-state index contributed by atoms with van der Waals surface area (Å²) in [6.07, 6.45) is 3.97. The van der Waals surface area contributed by atoms with Gasteiger partial charge >= 0.3 is 0 Å². The lowest BCUT2D eigenvalue weighted by Crippen LogP contribution is -1.91. The molecular weight excluding hydrogens is 633 g/mol. The third-order valence-corrected chi connectivity index (χ3v) is 11.0. The molecular formula is C50H30O2. The molecule has 0 aliphatic heterocycles. The van der Waals surface area contributed by atoms with Crippen molar-refractivity contribution in [1.82, 2.24) is 0 Å². The van der Waals surface area contributed by atoms with Gasteiger partial charge in [0.15, 0.2) is 0 Å². The fourth-order valence-corrected chi connectivity index (χ4v) is 8.66. The summed E-state index contributed by atoms with van der Waals surface area (Å²) >= 11 is 0. The first-order valence-corrected chi connectivity index (χ1v) is 17.7. The van der Waals surface area contributed by atoms with Crippen molar-refractivity contribution >= 4 is 99.1 Å². The highest BCUT2D eigenvalue weighted by Gasteiger charge is 2.19. The van der Waals surface area contributed by atoms with Crippen molar-refractivity contribution in [2.45, 2.75) is 0 Å². The highest BCUT2D eigenvalue weighted by molar-refractivity contribution is 6.23. The Morgan fingerprint density at radius 2 is 0.808 bits per heavy atom. The van der Waals surface area contributed by atoms with Crippen molar-refractivity contribution in [2.24, 2.45) is 0 Å². The van der Waals surface area contributed by atoms with E-state index in [0.29, 0.717) is 0 Å². The van der Waals surface area contributed by atoms with Gasteiger partial charge in [0.1, 0.15) is 22.3 Å². The lowest BCUT2D eigenvalue weighted by atomic mass is 9.88. The van der Waals surface area contributed by atoms with Gasteiger partial charge in [0.2, 0.25) is 0 Å². The molecule has 2 heteroatoms. The van der Waals surface area contributed by atoms with E-state index in [1.54, 1.807) is 0 Å². The molecule has 2 aromatic heterocycles. The standard InChI is InChI=1S/C50H30O2/c1-3-33-39-23-19-32(38-16-10-18-42-48-36-14-8-6-12-30(36)22-26-46(48)52-50(38)42)28-44(39)34(4-2)40-24-20-31(27-43(33)40)37-15-9-17-41-47-35-13-7-5-11-29(35)21-25-45(47)51-49(37)41/h3-28H,1-2H2. The van der Waals surface area contributed by atoms with E-state index in [-0.39, 0.29) is 0 Å². The fraction of sp³-hybridized carbons (Fsp3) is 0. The van der Waals surface area contributed by atoms with Crippen LogP contribution in [-0.4, -0.2) is 0 Å². The second kappa shape index (κ2) is 10.8. The number of hydrogen-bond donors (Lipinski definition) is 0. The second-order valence-electron chi connectivity index (χ2n) is 13.6. The lowest BCUT2D eigenvalue weighted by Gasteiger charge is -2.16. The zero-order valence-electron chi connectivity index (χ0n) is 28.2. The maximum atomic E-state index is 6.61. The first-order valence-electron chi connectivity index (χ1n) is 17.7. The van der Waals surface area contributed by atoms with E-state index in [2.05, 4.69) is 159 Å². The highest BCUT2D eigenvalue weighted by Crippen LogP contribution is 2.44. The van der Waals surface area contributed by atoms with Gasteiger partial charge in [-0.3, -0.25) is 0 Å². The van der Waals surface area contributed by atoms with Gasteiger partial charge in [-0.2, -0.15) is 0 Å². The molecule has 2 heterocycles. The maximum absolute atomic E-state index is 6.61. The van der Waals surface area contributed by atoms with E-state index in [1.807, 2.05) is 12.2 Å². The van der Waals surface area contributed by atoms with Crippen LogP contribution < -0.4 is 0 Å². The van der Waals surface area contributed by atoms with Crippen molar-refractivity contribution in [2.75, 3.05) is 0 Å². The summed E-state index contributed by atoms with van der Waals surface area (Å²) in [6, 6.07) is 51.8. The number of fused-ring (bicyclic) bond motifs is 12. The zero-order chi connectivity index (χ0) is 34.5. The minimum atomic E-state index is 0.899. The fourth-order valence-electron chi connectivity index (χ4n) is 8.66. The van der Waals surface area contributed by atoms with Crippen LogP contribution in [0.2, 0.25) is 0 Å². The molecule has 2 nitrogen and oxygen atoms in total. The van der Waals surface area contributed by atoms with E-state index in [4.69, 9.17) is 8.83 Å². The quantitative estimate of drug-likeness (QED) is 0.175.